The summed E-state index contributed by atoms with van der Waals surface area (Å²) in [6.45, 7) is 5.58. The molecule has 0 unspecified atom stereocenters. The minimum atomic E-state index is -0.805. The smallest absolute Gasteiger partial charge is 0.404 e. The van der Waals surface area contributed by atoms with E-state index in [4.69, 9.17) is 20.2 Å². The number of hydrogen-bond acceptors (Lipinski definition) is 6. The third kappa shape index (κ3) is 6.08. The van der Waals surface area contributed by atoms with Gasteiger partial charge in [-0.05, 0) is 29.7 Å². The molecule has 0 fully saturated rings. The summed E-state index contributed by atoms with van der Waals surface area (Å²) in [4.78, 5) is 21.0. The van der Waals surface area contributed by atoms with E-state index in [1.165, 1.54) is 0 Å². The number of nitrogens with two attached hydrogens (primary N) is 1. The van der Waals surface area contributed by atoms with Gasteiger partial charge in [-0.1, -0.05) is 49.9 Å². The van der Waals surface area contributed by atoms with Crippen LogP contribution < -0.4 is 5.73 Å². The maximum absolute atomic E-state index is 10.7. The number of primary amides is 1. The predicted octanol–water partition coefficient (Wildman–Crippen LogP) is 4.21. The van der Waals surface area contributed by atoms with Crippen molar-refractivity contribution >= 4 is 17.9 Å². The zero-order valence-electron chi connectivity index (χ0n) is 17.2. The van der Waals surface area contributed by atoms with Crippen molar-refractivity contribution in [1.82, 2.24) is 14.5 Å². The van der Waals surface area contributed by atoms with Crippen LogP contribution in [0.25, 0.3) is 0 Å². The minimum Gasteiger partial charge on any atom is -0.447 e. The van der Waals surface area contributed by atoms with Crippen LogP contribution >= 0.6 is 11.8 Å². The second-order valence-corrected chi connectivity index (χ2v) is 8.02. The molecule has 1 amide bonds. The van der Waals surface area contributed by atoms with Crippen molar-refractivity contribution in [3.8, 4) is 0 Å². The lowest BCUT2D eigenvalue weighted by molar-refractivity contribution is 0.0637. The van der Waals surface area contributed by atoms with E-state index in [0.717, 1.165) is 27.0 Å². The Morgan fingerprint density at radius 1 is 1.17 bits per heavy atom. The Kier molecular flexibility index (Phi) is 7.87. The quantitative estimate of drug-likeness (QED) is 0.488. The van der Waals surface area contributed by atoms with Crippen LogP contribution in [0.2, 0.25) is 0 Å². The van der Waals surface area contributed by atoms with E-state index in [1.807, 2.05) is 36.5 Å². The molecule has 2 heterocycles. The van der Waals surface area contributed by atoms with E-state index < -0.39 is 6.09 Å². The average molecular weight is 427 g/mol. The maximum Gasteiger partial charge on any atom is 0.404 e. The second kappa shape index (κ2) is 10.8. The topological polar surface area (TPSA) is 92.3 Å². The van der Waals surface area contributed by atoms with Gasteiger partial charge in [0.05, 0.1) is 18.8 Å². The van der Waals surface area contributed by atoms with E-state index in [2.05, 4.69) is 35.5 Å². The highest BCUT2D eigenvalue weighted by Crippen LogP contribution is 2.35. The molecular weight excluding hydrogens is 400 g/mol. The molecule has 0 saturated carbocycles. The van der Waals surface area contributed by atoms with E-state index in [9.17, 15) is 4.79 Å². The number of hydrogen-bond donors (Lipinski definition) is 1. The Morgan fingerprint density at radius 3 is 2.63 bits per heavy atom. The van der Waals surface area contributed by atoms with E-state index in [0.29, 0.717) is 13.2 Å². The SMILES string of the molecule is CC(C)c1nc(COCCOC(N)=O)n(Cc2cccnc2)c1Sc1ccccc1. The molecule has 2 N–H and O–H groups in total. The van der Waals surface area contributed by atoms with Crippen LogP contribution in [0.4, 0.5) is 4.79 Å². The van der Waals surface area contributed by atoms with Crippen molar-refractivity contribution in [3.05, 3.63) is 71.9 Å². The van der Waals surface area contributed by atoms with Gasteiger partial charge < -0.3 is 19.8 Å². The first-order valence-electron chi connectivity index (χ1n) is 9.75. The Hall–Kier alpha value is -2.84. The molecule has 158 valence electrons. The summed E-state index contributed by atoms with van der Waals surface area (Å²) >= 11 is 1.70. The van der Waals surface area contributed by atoms with E-state index in [1.54, 1.807) is 18.0 Å². The van der Waals surface area contributed by atoms with Gasteiger partial charge in [0, 0.05) is 17.3 Å². The van der Waals surface area contributed by atoms with Crippen molar-refractivity contribution in [2.75, 3.05) is 13.2 Å². The summed E-state index contributed by atoms with van der Waals surface area (Å²) < 4.78 is 12.6. The molecule has 0 aliphatic rings. The zero-order valence-corrected chi connectivity index (χ0v) is 18.0. The molecule has 8 heteroatoms. The van der Waals surface area contributed by atoms with Crippen LogP contribution in [0, 0.1) is 0 Å². The summed E-state index contributed by atoms with van der Waals surface area (Å²) in [5.74, 6) is 1.07. The number of nitrogens with zero attached hydrogens (tertiary/aromatic N) is 3. The standard InChI is InChI=1S/C22H26N4O3S/c1-16(2)20-21(30-18-8-4-3-5-9-18)26(14-17-7-6-10-24-13-17)19(25-20)15-28-11-12-29-22(23)27/h3-10,13,16H,11-12,14-15H2,1-2H3,(H2,23,27). The van der Waals surface area contributed by atoms with Gasteiger partial charge in [0.25, 0.3) is 0 Å². The largest absolute Gasteiger partial charge is 0.447 e. The van der Waals surface area contributed by atoms with Gasteiger partial charge in [-0.15, -0.1) is 0 Å². The normalized spacial score (nSPS) is 11.0. The Labute approximate surface area is 180 Å². The molecule has 0 aliphatic carbocycles. The molecule has 0 atom stereocenters. The van der Waals surface area contributed by atoms with Gasteiger partial charge in [-0.2, -0.15) is 0 Å². The van der Waals surface area contributed by atoms with Gasteiger partial charge >= 0.3 is 6.09 Å². The van der Waals surface area contributed by atoms with Crippen LogP contribution in [0.15, 0.2) is 64.8 Å². The molecule has 0 radical (unpaired) electrons. The van der Waals surface area contributed by atoms with Crippen LogP contribution in [0.5, 0.6) is 0 Å². The number of ether oxygens (including phenoxy) is 2. The van der Waals surface area contributed by atoms with Crippen molar-refractivity contribution in [2.45, 2.75) is 42.8 Å². The molecule has 7 nitrogen and oxygen atoms in total. The fraction of sp³-hybridized carbons (Fsp3) is 0.318. The molecule has 30 heavy (non-hydrogen) atoms. The fourth-order valence-electron chi connectivity index (χ4n) is 2.90. The second-order valence-electron chi connectivity index (χ2n) is 6.96. The molecular formula is C22H26N4O3S. The highest BCUT2D eigenvalue weighted by Gasteiger charge is 2.21. The van der Waals surface area contributed by atoms with Gasteiger partial charge in [-0.25, -0.2) is 9.78 Å². The van der Waals surface area contributed by atoms with E-state index >= 15 is 0 Å². The fourth-order valence-corrected chi connectivity index (χ4v) is 4.08. The number of imidazole rings is 1. The molecule has 3 rings (SSSR count). The number of pyridine rings is 1. The Morgan fingerprint density at radius 2 is 1.97 bits per heavy atom. The van der Waals surface area contributed by atoms with Gasteiger partial charge in [0.1, 0.15) is 24.1 Å². The van der Waals surface area contributed by atoms with E-state index in [-0.39, 0.29) is 19.1 Å². The summed E-state index contributed by atoms with van der Waals surface area (Å²) in [6.07, 6.45) is 2.82. The molecule has 0 aliphatic heterocycles. The lowest BCUT2D eigenvalue weighted by Gasteiger charge is -2.13. The summed E-state index contributed by atoms with van der Waals surface area (Å²) in [5.41, 5.74) is 7.09. The first kappa shape index (κ1) is 21.9. The summed E-state index contributed by atoms with van der Waals surface area (Å²) in [5, 5.41) is 1.09. The Bertz CT molecular complexity index is 946. The van der Waals surface area contributed by atoms with Crippen molar-refractivity contribution in [1.29, 1.82) is 0 Å². The number of carbonyl (C=O) groups excluding carboxylic acids is 1. The third-order valence-electron chi connectivity index (χ3n) is 4.30. The van der Waals surface area contributed by atoms with Gasteiger partial charge in [0.15, 0.2) is 0 Å². The molecule has 2 aromatic heterocycles. The monoisotopic (exact) mass is 426 g/mol. The number of benzene rings is 1. The first-order chi connectivity index (χ1) is 14.5. The number of amides is 1. The third-order valence-corrected chi connectivity index (χ3v) is 5.43. The molecule has 0 spiro atoms. The van der Waals surface area contributed by atoms with Crippen molar-refractivity contribution in [3.63, 3.8) is 0 Å². The molecule has 3 aromatic rings. The summed E-state index contributed by atoms with van der Waals surface area (Å²) in [7, 11) is 0. The Balaban J connectivity index is 1.89. The van der Waals surface area contributed by atoms with Crippen LogP contribution in [0.1, 0.15) is 36.8 Å². The van der Waals surface area contributed by atoms with Crippen LogP contribution in [0.3, 0.4) is 0 Å². The average Bonchev–Trinajstić information content (AvgIpc) is 3.06. The molecule has 0 saturated heterocycles. The maximum atomic E-state index is 10.7. The summed E-state index contributed by atoms with van der Waals surface area (Å²) in [6, 6.07) is 14.2. The van der Waals surface area contributed by atoms with Crippen LogP contribution in [-0.2, 0) is 22.6 Å². The predicted molar refractivity (Wildman–Crippen MR) is 115 cm³/mol. The number of aromatic nitrogens is 3. The highest BCUT2D eigenvalue weighted by atomic mass is 32.2. The first-order valence-corrected chi connectivity index (χ1v) is 10.6. The zero-order chi connectivity index (χ0) is 21.3. The lowest BCUT2D eigenvalue weighted by Crippen LogP contribution is -2.17. The van der Waals surface area contributed by atoms with Gasteiger partial charge in [-0.3, -0.25) is 4.98 Å². The van der Waals surface area contributed by atoms with Crippen molar-refractivity contribution in [2.24, 2.45) is 5.73 Å². The molecule has 0 bridgehead atoms. The minimum absolute atomic E-state index is 0.112. The van der Waals surface area contributed by atoms with Gasteiger partial charge in [0.2, 0.25) is 0 Å². The van der Waals surface area contributed by atoms with Crippen molar-refractivity contribution < 1.29 is 14.3 Å². The number of rotatable bonds is 10. The van der Waals surface area contributed by atoms with Crippen LogP contribution in [-0.4, -0.2) is 33.8 Å². The highest BCUT2D eigenvalue weighted by molar-refractivity contribution is 7.99. The lowest BCUT2D eigenvalue weighted by atomic mass is 10.1. The molecule has 1 aromatic carbocycles. The number of carbonyl (C=O) groups is 1.